The Morgan fingerprint density at radius 1 is 1.29 bits per heavy atom. The number of nitrogen functional groups attached to an aromatic ring is 1. The molecule has 0 unspecified atom stereocenters. The topological polar surface area (TPSA) is 105 Å². The normalized spacial score (nSPS) is 10.1. The van der Waals surface area contributed by atoms with Gasteiger partial charge < -0.3 is 16.2 Å². The number of nitrogens with zero attached hydrogens (tertiary/aromatic N) is 1. The van der Waals surface area contributed by atoms with Gasteiger partial charge in [0.25, 0.3) is 5.91 Å². The molecule has 6 nitrogen and oxygen atoms in total. The second-order valence-corrected chi connectivity index (χ2v) is 4.71. The lowest BCUT2D eigenvalue weighted by Gasteiger charge is -2.06. The summed E-state index contributed by atoms with van der Waals surface area (Å²) < 4.78 is 0. The highest BCUT2D eigenvalue weighted by molar-refractivity contribution is 6.33. The van der Waals surface area contributed by atoms with Crippen LogP contribution in [0.4, 0.5) is 11.4 Å². The summed E-state index contributed by atoms with van der Waals surface area (Å²) in [6.45, 7) is 0. The molecule has 2 rings (SSSR count). The van der Waals surface area contributed by atoms with Gasteiger partial charge >= 0.3 is 5.97 Å². The highest BCUT2D eigenvalue weighted by Crippen LogP contribution is 2.20. The number of carboxylic acid groups (broad SMARTS) is 1. The number of hydrogen-bond donors (Lipinski definition) is 3. The van der Waals surface area contributed by atoms with Crippen molar-refractivity contribution in [2.45, 2.75) is 6.42 Å². The van der Waals surface area contributed by atoms with E-state index in [4.69, 9.17) is 22.4 Å². The quantitative estimate of drug-likeness (QED) is 0.751. The van der Waals surface area contributed by atoms with Crippen molar-refractivity contribution in [1.29, 1.82) is 0 Å². The van der Waals surface area contributed by atoms with Gasteiger partial charge in [0.15, 0.2) is 0 Å². The van der Waals surface area contributed by atoms with Gasteiger partial charge in [0.05, 0.1) is 34.7 Å². The molecule has 7 heteroatoms. The molecule has 0 fully saturated rings. The number of benzene rings is 1. The fourth-order valence-electron chi connectivity index (χ4n) is 1.63. The fraction of sp³-hybridized carbons (Fsp3) is 0.0714. The van der Waals surface area contributed by atoms with Crippen molar-refractivity contribution in [3.63, 3.8) is 0 Å². The molecule has 2 aromatic rings. The van der Waals surface area contributed by atoms with Gasteiger partial charge in [-0.05, 0) is 30.3 Å². The maximum Gasteiger partial charge on any atom is 0.309 e. The lowest BCUT2D eigenvalue weighted by molar-refractivity contribution is -0.136. The first-order valence-corrected chi connectivity index (χ1v) is 6.36. The number of carbonyl (C=O) groups excluding carboxylic acids is 1. The van der Waals surface area contributed by atoms with Crippen LogP contribution in [0.15, 0.2) is 36.5 Å². The van der Waals surface area contributed by atoms with E-state index in [0.29, 0.717) is 27.7 Å². The van der Waals surface area contributed by atoms with Crippen LogP contribution in [0.2, 0.25) is 5.02 Å². The first-order valence-electron chi connectivity index (χ1n) is 5.99. The number of anilines is 2. The van der Waals surface area contributed by atoms with Crippen LogP contribution in [-0.4, -0.2) is 22.0 Å². The van der Waals surface area contributed by atoms with Crippen LogP contribution >= 0.6 is 11.6 Å². The van der Waals surface area contributed by atoms with E-state index < -0.39 is 5.97 Å². The Bertz CT molecular complexity index is 686. The molecule has 0 aliphatic carbocycles. The Kier molecular flexibility index (Phi) is 4.39. The number of carbonyl (C=O) groups is 2. The monoisotopic (exact) mass is 305 g/mol. The Labute approximate surface area is 125 Å². The van der Waals surface area contributed by atoms with Crippen LogP contribution in [-0.2, 0) is 11.2 Å². The van der Waals surface area contributed by atoms with Crippen molar-refractivity contribution in [2.24, 2.45) is 0 Å². The van der Waals surface area contributed by atoms with Crippen molar-refractivity contribution in [1.82, 2.24) is 4.98 Å². The lowest BCUT2D eigenvalue weighted by atomic mass is 10.2. The predicted octanol–water partition coefficient (Wildman–Crippen LogP) is 2.20. The van der Waals surface area contributed by atoms with Crippen LogP contribution in [0.25, 0.3) is 0 Å². The van der Waals surface area contributed by atoms with Crippen LogP contribution in [0, 0.1) is 0 Å². The summed E-state index contributed by atoms with van der Waals surface area (Å²) in [7, 11) is 0. The standard InChI is InChI=1S/C14H12ClN3O3/c15-11-5-8(1-4-12(11)16)14(21)18-10-3-2-9(17-7-10)6-13(19)20/h1-5,7H,6,16H2,(H,18,21)(H,19,20). The highest BCUT2D eigenvalue weighted by Gasteiger charge is 2.09. The number of carboxylic acids is 1. The molecule has 1 aromatic carbocycles. The number of aliphatic carboxylic acids is 1. The number of halogens is 1. The predicted molar refractivity (Wildman–Crippen MR) is 79.4 cm³/mol. The summed E-state index contributed by atoms with van der Waals surface area (Å²) in [5, 5.41) is 11.6. The van der Waals surface area contributed by atoms with Gasteiger partial charge in [-0.2, -0.15) is 0 Å². The number of hydrogen-bond acceptors (Lipinski definition) is 4. The third-order valence-electron chi connectivity index (χ3n) is 2.68. The second-order valence-electron chi connectivity index (χ2n) is 4.30. The van der Waals surface area contributed by atoms with Gasteiger partial charge in [0, 0.05) is 5.56 Å². The summed E-state index contributed by atoms with van der Waals surface area (Å²) in [6, 6.07) is 7.70. The average molecular weight is 306 g/mol. The van der Waals surface area contributed by atoms with E-state index in [0.717, 1.165) is 0 Å². The molecular weight excluding hydrogens is 294 g/mol. The minimum Gasteiger partial charge on any atom is -0.481 e. The number of rotatable bonds is 4. The Balaban J connectivity index is 2.08. The summed E-state index contributed by atoms with van der Waals surface area (Å²) in [6.07, 6.45) is 1.23. The minimum absolute atomic E-state index is 0.165. The fourth-order valence-corrected chi connectivity index (χ4v) is 1.81. The van der Waals surface area contributed by atoms with E-state index >= 15 is 0 Å². The third-order valence-corrected chi connectivity index (χ3v) is 3.00. The zero-order valence-corrected chi connectivity index (χ0v) is 11.6. The minimum atomic E-state index is -0.962. The Morgan fingerprint density at radius 2 is 2.05 bits per heavy atom. The molecule has 0 saturated carbocycles. The second kappa shape index (κ2) is 6.23. The van der Waals surface area contributed by atoms with Crippen molar-refractivity contribution >= 4 is 34.9 Å². The van der Waals surface area contributed by atoms with E-state index in [1.165, 1.54) is 12.3 Å². The van der Waals surface area contributed by atoms with E-state index in [9.17, 15) is 9.59 Å². The molecule has 0 aliphatic rings. The molecular formula is C14H12ClN3O3. The maximum absolute atomic E-state index is 12.0. The van der Waals surface area contributed by atoms with E-state index in [1.54, 1.807) is 24.3 Å². The number of aromatic nitrogens is 1. The van der Waals surface area contributed by atoms with Gasteiger partial charge in [-0.1, -0.05) is 11.6 Å². The third kappa shape index (κ3) is 3.93. The van der Waals surface area contributed by atoms with Crippen molar-refractivity contribution < 1.29 is 14.7 Å². The smallest absolute Gasteiger partial charge is 0.309 e. The summed E-state index contributed by atoms with van der Waals surface area (Å²) in [5.41, 5.74) is 7.21. The van der Waals surface area contributed by atoms with Gasteiger partial charge in [-0.15, -0.1) is 0 Å². The van der Waals surface area contributed by atoms with Crippen LogP contribution < -0.4 is 11.1 Å². The highest BCUT2D eigenvalue weighted by atomic mass is 35.5. The number of pyridine rings is 1. The Hall–Kier alpha value is -2.60. The molecule has 1 aromatic heterocycles. The van der Waals surface area contributed by atoms with Crippen LogP contribution in [0.3, 0.4) is 0 Å². The first kappa shape index (κ1) is 14.8. The number of amides is 1. The molecule has 1 heterocycles. The van der Waals surface area contributed by atoms with Crippen molar-refractivity contribution in [3.05, 3.63) is 52.8 Å². The number of nitrogens with two attached hydrogens (primary N) is 1. The molecule has 0 spiro atoms. The molecule has 1 amide bonds. The molecule has 0 bridgehead atoms. The molecule has 108 valence electrons. The van der Waals surface area contributed by atoms with Crippen LogP contribution in [0.5, 0.6) is 0 Å². The van der Waals surface area contributed by atoms with Crippen LogP contribution in [0.1, 0.15) is 16.1 Å². The largest absolute Gasteiger partial charge is 0.481 e. The van der Waals surface area contributed by atoms with Crippen molar-refractivity contribution in [3.8, 4) is 0 Å². The van der Waals surface area contributed by atoms with E-state index in [-0.39, 0.29) is 12.3 Å². The summed E-state index contributed by atoms with van der Waals surface area (Å²) in [5.74, 6) is -1.32. The molecule has 0 radical (unpaired) electrons. The SMILES string of the molecule is Nc1ccc(C(=O)Nc2ccc(CC(=O)O)nc2)cc1Cl. The van der Waals surface area contributed by atoms with E-state index in [2.05, 4.69) is 10.3 Å². The van der Waals surface area contributed by atoms with Gasteiger partial charge in [-0.25, -0.2) is 0 Å². The zero-order valence-electron chi connectivity index (χ0n) is 10.8. The molecule has 0 saturated heterocycles. The summed E-state index contributed by atoms with van der Waals surface area (Å²) in [4.78, 5) is 26.5. The molecule has 21 heavy (non-hydrogen) atoms. The molecule has 4 N–H and O–H groups in total. The number of nitrogens with one attached hydrogen (secondary N) is 1. The zero-order chi connectivity index (χ0) is 15.4. The lowest BCUT2D eigenvalue weighted by Crippen LogP contribution is -2.12. The summed E-state index contributed by atoms with van der Waals surface area (Å²) >= 11 is 5.86. The molecule has 0 aliphatic heterocycles. The first-order chi connectivity index (χ1) is 9.95. The molecule has 0 atom stereocenters. The van der Waals surface area contributed by atoms with Gasteiger partial charge in [0.1, 0.15) is 0 Å². The Morgan fingerprint density at radius 3 is 2.62 bits per heavy atom. The van der Waals surface area contributed by atoms with E-state index in [1.807, 2.05) is 0 Å². The van der Waals surface area contributed by atoms with Gasteiger partial charge in [0.2, 0.25) is 0 Å². The van der Waals surface area contributed by atoms with Crippen molar-refractivity contribution in [2.75, 3.05) is 11.1 Å². The van der Waals surface area contributed by atoms with Gasteiger partial charge in [-0.3, -0.25) is 14.6 Å². The average Bonchev–Trinajstić information content (AvgIpc) is 2.43. The maximum atomic E-state index is 12.0.